The zero-order valence-corrected chi connectivity index (χ0v) is 13.0. The van der Waals surface area contributed by atoms with Crippen LogP contribution in [0.25, 0.3) is 0 Å². The van der Waals surface area contributed by atoms with Crippen molar-refractivity contribution in [3.05, 3.63) is 29.8 Å². The fraction of sp³-hybridized carbons (Fsp3) is 0.438. The fourth-order valence-electron chi connectivity index (χ4n) is 1.67. The van der Waals surface area contributed by atoms with E-state index >= 15 is 0 Å². The summed E-state index contributed by atoms with van der Waals surface area (Å²) in [7, 11) is 0. The number of nitrogens with zero attached hydrogens (tertiary/aromatic N) is 1. The second-order valence-corrected chi connectivity index (χ2v) is 5.18. The number of para-hydroxylation sites is 1. The third kappa shape index (κ3) is 6.39. The number of carbonyl (C=O) groups is 2. The van der Waals surface area contributed by atoms with Crippen LogP contribution in [0, 0.1) is 0 Å². The Morgan fingerprint density at radius 1 is 1.23 bits per heavy atom. The normalized spacial score (nSPS) is 13.6. The summed E-state index contributed by atoms with van der Waals surface area (Å²) in [5, 5.41) is 9.73. The Morgan fingerprint density at radius 3 is 2.45 bits per heavy atom. The molecule has 0 radical (unpaired) electrons. The summed E-state index contributed by atoms with van der Waals surface area (Å²) in [4.78, 5) is 26.2. The predicted molar refractivity (Wildman–Crippen MR) is 82.0 cm³/mol. The van der Waals surface area contributed by atoms with Crippen LogP contribution in [0.4, 0.5) is 0 Å². The van der Waals surface area contributed by atoms with Gasteiger partial charge in [0.2, 0.25) is 0 Å². The molecule has 1 aromatic rings. The minimum Gasteiger partial charge on any atom is -0.507 e. The van der Waals surface area contributed by atoms with E-state index in [1.165, 1.54) is 20.1 Å². The molecule has 1 N–H and O–H groups in total. The molecular weight excluding hydrogens is 286 g/mol. The summed E-state index contributed by atoms with van der Waals surface area (Å²) in [6.45, 7) is 4.67. The summed E-state index contributed by atoms with van der Waals surface area (Å²) in [5.41, 5.74) is -0.187. The van der Waals surface area contributed by atoms with Crippen molar-refractivity contribution in [2.45, 2.75) is 32.7 Å². The summed E-state index contributed by atoms with van der Waals surface area (Å²) in [6, 6.07) is 6.77. The number of aromatic hydroxyl groups is 1. The number of phenols is 1. The maximum Gasteiger partial charge on any atom is 0.302 e. The second-order valence-electron chi connectivity index (χ2n) is 5.18. The number of benzene rings is 1. The summed E-state index contributed by atoms with van der Waals surface area (Å²) in [5.74, 6) is -0.669. The first kappa shape index (κ1) is 17.7. The highest BCUT2D eigenvalue weighted by Gasteiger charge is 2.25. The molecule has 120 valence electrons. The first-order chi connectivity index (χ1) is 10.3. The number of rotatable bonds is 7. The average molecular weight is 307 g/mol. The summed E-state index contributed by atoms with van der Waals surface area (Å²) in [6.07, 6.45) is 1.91. The van der Waals surface area contributed by atoms with E-state index in [1.54, 1.807) is 31.2 Å². The van der Waals surface area contributed by atoms with E-state index < -0.39 is 11.5 Å². The zero-order valence-electron chi connectivity index (χ0n) is 13.0. The van der Waals surface area contributed by atoms with Crippen LogP contribution in [-0.2, 0) is 19.1 Å². The molecule has 1 atom stereocenters. The van der Waals surface area contributed by atoms with E-state index in [2.05, 4.69) is 4.99 Å². The summed E-state index contributed by atoms with van der Waals surface area (Å²) < 4.78 is 9.95. The first-order valence-corrected chi connectivity index (χ1v) is 6.92. The van der Waals surface area contributed by atoms with Crippen molar-refractivity contribution in [1.29, 1.82) is 0 Å². The molecule has 0 aliphatic rings. The Labute approximate surface area is 129 Å². The average Bonchev–Trinajstić information content (AvgIpc) is 2.44. The lowest BCUT2D eigenvalue weighted by Gasteiger charge is -2.24. The van der Waals surface area contributed by atoms with Crippen LogP contribution in [-0.4, -0.2) is 42.0 Å². The van der Waals surface area contributed by atoms with Gasteiger partial charge in [0.05, 0.1) is 12.1 Å². The van der Waals surface area contributed by atoms with Crippen LogP contribution < -0.4 is 0 Å². The third-order valence-corrected chi connectivity index (χ3v) is 2.98. The lowest BCUT2D eigenvalue weighted by molar-refractivity contribution is -0.145. The van der Waals surface area contributed by atoms with E-state index in [0.29, 0.717) is 12.0 Å². The molecule has 0 amide bonds. The highest BCUT2D eigenvalue weighted by atomic mass is 16.5. The van der Waals surface area contributed by atoms with Gasteiger partial charge in [-0.15, -0.1) is 0 Å². The molecule has 1 unspecified atom stereocenters. The largest absolute Gasteiger partial charge is 0.507 e. The van der Waals surface area contributed by atoms with Crippen molar-refractivity contribution < 1.29 is 24.2 Å². The van der Waals surface area contributed by atoms with Crippen LogP contribution in [0.15, 0.2) is 29.3 Å². The molecule has 6 heteroatoms. The SMILES string of the molecule is CC(=O)OCCC(C)(COC(C)=O)/N=C/c1ccccc1O. The summed E-state index contributed by atoms with van der Waals surface area (Å²) >= 11 is 0. The lowest BCUT2D eigenvalue weighted by Crippen LogP contribution is -2.32. The molecule has 0 fully saturated rings. The molecule has 0 saturated heterocycles. The minimum atomic E-state index is -0.747. The number of hydrogen-bond acceptors (Lipinski definition) is 6. The van der Waals surface area contributed by atoms with Gasteiger partial charge in [-0.3, -0.25) is 14.6 Å². The van der Waals surface area contributed by atoms with Gasteiger partial charge in [-0.25, -0.2) is 0 Å². The second kappa shape index (κ2) is 8.17. The predicted octanol–water partition coefficient (Wildman–Crippen LogP) is 2.09. The van der Waals surface area contributed by atoms with Gasteiger partial charge in [-0.1, -0.05) is 12.1 Å². The van der Waals surface area contributed by atoms with Gasteiger partial charge >= 0.3 is 11.9 Å². The molecule has 0 spiro atoms. The maximum absolute atomic E-state index is 11.0. The van der Waals surface area contributed by atoms with Gasteiger partial charge in [-0.2, -0.15) is 0 Å². The van der Waals surface area contributed by atoms with Gasteiger partial charge in [0.25, 0.3) is 0 Å². The molecule has 6 nitrogen and oxygen atoms in total. The number of ether oxygens (including phenoxy) is 2. The molecule has 0 saturated carbocycles. The number of aliphatic imine (C=N–C) groups is 1. The van der Waals surface area contributed by atoms with Crippen molar-refractivity contribution in [3.8, 4) is 5.75 Å². The third-order valence-electron chi connectivity index (χ3n) is 2.98. The Bertz CT molecular complexity index is 555. The number of hydrogen-bond donors (Lipinski definition) is 1. The lowest BCUT2D eigenvalue weighted by atomic mass is 10.0. The van der Waals surface area contributed by atoms with Gasteiger partial charge in [-0.05, 0) is 19.1 Å². The Kier molecular flexibility index (Phi) is 6.56. The zero-order chi connectivity index (χ0) is 16.6. The smallest absolute Gasteiger partial charge is 0.302 e. The van der Waals surface area contributed by atoms with Crippen LogP contribution >= 0.6 is 0 Å². The molecule has 0 aliphatic heterocycles. The van der Waals surface area contributed by atoms with Crippen molar-refractivity contribution in [2.75, 3.05) is 13.2 Å². The maximum atomic E-state index is 11.0. The van der Waals surface area contributed by atoms with Crippen LogP contribution in [0.2, 0.25) is 0 Å². The highest BCUT2D eigenvalue weighted by molar-refractivity contribution is 5.83. The quantitative estimate of drug-likeness (QED) is 0.616. The van der Waals surface area contributed by atoms with Crippen molar-refractivity contribution in [3.63, 3.8) is 0 Å². The van der Waals surface area contributed by atoms with Gasteiger partial charge in [0.1, 0.15) is 12.4 Å². The molecule has 0 bridgehead atoms. The van der Waals surface area contributed by atoms with E-state index in [0.717, 1.165) is 0 Å². The van der Waals surface area contributed by atoms with Gasteiger partial charge < -0.3 is 14.6 Å². The Balaban J connectivity index is 2.81. The molecule has 0 aromatic heterocycles. The number of carbonyl (C=O) groups excluding carboxylic acids is 2. The van der Waals surface area contributed by atoms with E-state index in [-0.39, 0.29) is 24.9 Å². The molecular formula is C16H21NO5. The van der Waals surface area contributed by atoms with Gasteiger partial charge in [0, 0.05) is 32.0 Å². The van der Waals surface area contributed by atoms with E-state index in [9.17, 15) is 14.7 Å². The fourth-order valence-corrected chi connectivity index (χ4v) is 1.67. The molecule has 1 rings (SSSR count). The van der Waals surface area contributed by atoms with E-state index in [4.69, 9.17) is 9.47 Å². The first-order valence-electron chi connectivity index (χ1n) is 6.92. The van der Waals surface area contributed by atoms with E-state index in [1.807, 2.05) is 0 Å². The van der Waals surface area contributed by atoms with Crippen LogP contribution in [0.1, 0.15) is 32.8 Å². The Morgan fingerprint density at radius 2 is 1.86 bits per heavy atom. The van der Waals surface area contributed by atoms with Crippen molar-refractivity contribution in [2.24, 2.45) is 4.99 Å². The van der Waals surface area contributed by atoms with Crippen molar-refractivity contribution >= 4 is 18.2 Å². The molecule has 22 heavy (non-hydrogen) atoms. The topological polar surface area (TPSA) is 85.2 Å². The highest BCUT2D eigenvalue weighted by Crippen LogP contribution is 2.19. The monoisotopic (exact) mass is 307 g/mol. The Hall–Kier alpha value is -2.37. The van der Waals surface area contributed by atoms with Gasteiger partial charge in [0.15, 0.2) is 0 Å². The van der Waals surface area contributed by atoms with Crippen LogP contribution in [0.5, 0.6) is 5.75 Å². The van der Waals surface area contributed by atoms with Crippen molar-refractivity contribution in [1.82, 2.24) is 0 Å². The molecule has 0 heterocycles. The number of phenolic OH excluding ortho intramolecular Hbond substituents is 1. The minimum absolute atomic E-state index is 0.0632. The molecule has 1 aromatic carbocycles. The van der Waals surface area contributed by atoms with Crippen LogP contribution in [0.3, 0.4) is 0 Å². The standard InChI is InChI=1S/C16H21NO5/c1-12(18)21-9-8-16(3,11-22-13(2)19)17-10-14-6-4-5-7-15(14)20/h4-7,10,20H,8-9,11H2,1-3H3/b17-10+. The number of esters is 2. The molecule has 0 aliphatic carbocycles.